The summed E-state index contributed by atoms with van der Waals surface area (Å²) in [6.45, 7) is 0. The third-order valence-corrected chi connectivity index (χ3v) is 2.70. The van der Waals surface area contributed by atoms with Gasteiger partial charge in [0.1, 0.15) is 0 Å². The van der Waals surface area contributed by atoms with Crippen molar-refractivity contribution in [2.24, 2.45) is 0 Å². The highest BCUT2D eigenvalue weighted by Crippen LogP contribution is 2.29. The molecule has 0 aliphatic rings. The molecule has 0 bridgehead atoms. The van der Waals surface area contributed by atoms with Crippen molar-refractivity contribution < 1.29 is 13.6 Å². The van der Waals surface area contributed by atoms with Gasteiger partial charge in [0.15, 0.2) is 11.6 Å². The maximum Gasteiger partial charge on any atom is 0.256 e. The highest BCUT2D eigenvalue weighted by Gasteiger charge is 2.20. The molecule has 1 rings (SSSR count). The van der Waals surface area contributed by atoms with E-state index in [4.69, 9.17) is 11.6 Å². The van der Waals surface area contributed by atoms with Gasteiger partial charge >= 0.3 is 0 Å². The molecule has 0 radical (unpaired) electrons. The van der Waals surface area contributed by atoms with Crippen LogP contribution in [-0.4, -0.2) is 5.24 Å². The lowest BCUT2D eigenvalue weighted by Crippen LogP contribution is -2.00. The Morgan fingerprint density at radius 2 is 1.77 bits per heavy atom. The fraction of sp³-hybridized carbons (Fsp3) is 0. The van der Waals surface area contributed by atoms with Crippen LogP contribution in [0.5, 0.6) is 0 Å². The molecule has 0 aliphatic carbocycles. The van der Waals surface area contributed by atoms with E-state index < -0.39 is 22.4 Å². The first-order chi connectivity index (χ1) is 5.95. The normalized spacial score (nSPS) is 10.2. The summed E-state index contributed by atoms with van der Waals surface area (Å²) in [4.78, 5) is 10.7. The summed E-state index contributed by atoms with van der Waals surface area (Å²) in [6.07, 6.45) is 0. The average molecular weight is 334 g/mol. The van der Waals surface area contributed by atoms with Crippen molar-refractivity contribution in [3.63, 3.8) is 0 Å². The summed E-state index contributed by atoms with van der Waals surface area (Å²) in [5, 5.41) is -1.05. The molecule has 0 atom stereocenters. The molecule has 6 heteroatoms. The molecule has 13 heavy (non-hydrogen) atoms. The SMILES string of the molecule is O=C(Cl)c1c(Br)cc(Br)c(F)c1F. The predicted molar refractivity (Wildman–Crippen MR) is 51.9 cm³/mol. The first-order valence-corrected chi connectivity index (χ1v) is 4.94. The monoisotopic (exact) mass is 332 g/mol. The van der Waals surface area contributed by atoms with Crippen LogP contribution in [-0.2, 0) is 0 Å². The van der Waals surface area contributed by atoms with Gasteiger partial charge in [-0.1, -0.05) is 0 Å². The molecule has 0 aromatic heterocycles. The molecule has 0 aliphatic heterocycles. The van der Waals surface area contributed by atoms with Crippen molar-refractivity contribution in [2.45, 2.75) is 0 Å². The first-order valence-electron chi connectivity index (χ1n) is 2.98. The summed E-state index contributed by atoms with van der Waals surface area (Å²) < 4.78 is 26.0. The molecule has 70 valence electrons. The van der Waals surface area contributed by atoms with Crippen LogP contribution in [0.4, 0.5) is 8.78 Å². The fourth-order valence-corrected chi connectivity index (χ4v) is 2.34. The summed E-state index contributed by atoms with van der Waals surface area (Å²) in [6, 6.07) is 1.22. The molecule has 0 fully saturated rings. The molecule has 0 unspecified atom stereocenters. The highest BCUT2D eigenvalue weighted by molar-refractivity contribution is 9.11. The van der Waals surface area contributed by atoms with Crippen LogP contribution in [0, 0.1) is 11.6 Å². The number of hydrogen-bond donors (Lipinski definition) is 0. The Balaban J connectivity index is 3.53. The van der Waals surface area contributed by atoms with E-state index in [1.54, 1.807) is 0 Å². The number of carbonyl (C=O) groups excluding carboxylic acids is 1. The molecule has 1 nitrogen and oxygen atoms in total. The van der Waals surface area contributed by atoms with Crippen LogP contribution in [0.3, 0.4) is 0 Å². The Hall–Kier alpha value is -0.000000000000000111. The van der Waals surface area contributed by atoms with E-state index in [9.17, 15) is 13.6 Å². The lowest BCUT2D eigenvalue weighted by atomic mass is 10.2. The summed E-state index contributed by atoms with van der Waals surface area (Å²) in [7, 11) is 0. The molecule has 0 spiro atoms. The summed E-state index contributed by atoms with van der Waals surface area (Å²) >= 11 is 10.7. The van der Waals surface area contributed by atoms with Crippen LogP contribution >= 0.6 is 43.5 Å². The summed E-state index contributed by atoms with van der Waals surface area (Å²) in [5.41, 5.74) is -0.498. The first kappa shape index (κ1) is 11.1. The molecule has 0 N–H and O–H groups in total. The number of halogens is 5. The molecular weight excluding hydrogens is 333 g/mol. The molecule has 1 aromatic carbocycles. The minimum Gasteiger partial charge on any atom is -0.275 e. The largest absolute Gasteiger partial charge is 0.275 e. The lowest BCUT2D eigenvalue weighted by Gasteiger charge is -2.03. The van der Waals surface area contributed by atoms with E-state index in [1.165, 1.54) is 6.07 Å². The molecular formula is C7HBr2ClF2O. The molecule has 1 aromatic rings. The molecule has 0 amide bonds. The topological polar surface area (TPSA) is 17.1 Å². The van der Waals surface area contributed by atoms with Gasteiger partial charge in [0.25, 0.3) is 5.24 Å². The van der Waals surface area contributed by atoms with Crippen LogP contribution in [0.1, 0.15) is 10.4 Å². The Morgan fingerprint density at radius 3 is 2.23 bits per heavy atom. The van der Waals surface area contributed by atoms with E-state index in [0.29, 0.717) is 0 Å². The van der Waals surface area contributed by atoms with E-state index >= 15 is 0 Å². The molecule has 0 heterocycles. The van der Waals surface area contributed by atoms with Gasteiger partial charge in [0.05, 0.1) is 10.0 Å². The number of hydrogen-bond acceptors (Lipinski definition) is 1. The van der Waals surface area contributed by atoms with E-state index in [0.717, 1.165) is 0 Å². The second-order valence-electron chi connectivity index (χ2n) is 2.12. The fourth-order valence-electron chi connectivity index (χ4n) is 0.746. The average Bonchev–Trinajstić information content (AvgIpc) is 1.99. The van der Waals surface area contributed by atoms with Crippen molar-refractivity contribution in [3.05, 3.63) is 32.2 Å². The van der Waals surface area contributed by atoms with Crippen molar-refractivity contribution >= 4 is 48.7 Å². The zero-order valence-corrected chi connectivity index (χ0v) is 9.80. The number of rotatable bonds is 1. The Bertz CT molecular complexity index is 381. The molecule has 0 saturated carbocycles. The minimum absolute atomic E-state index is 0.0708. The maximum absolute atomic E-state index is 13.0. The third-order valence-electron chi connectivity index (χ3n) is 1.31. The number of benzene rings is 1. The van der Waals surface area contributed by atoms with Crippen molar-refractivity contribution in [1.29, 1.82) is 0 Å². The van der Waals surface area contributed by atoms with Crippen LogP contribution in [0.2, 0.25) is 0 Å². The summed E-state index contributed by atoms with van der Waals surface area (Å²) in [5.74, 6) is -2.39. The van der Waals surface area contributed by atoms with E-state index in [-0.39, 0.29) is 8.95 Å². The Morgan fingerprint density at radius 1 is 1.23 bits per heavy atom. The van der Waals surface area contributed by atoms with Crippen LogP contribution < -0.4 is 0 Å². The van der Waals surface area contributed by atoms with Gasteiger partial charge in [-0.25, -0.2) is 8.78 Å². The van der Waals surface area contributed by atoms with Gasteiger partial charge in [-0.15, -0.1) is 0 Å². The smallest absolute Gasteiger partial charge is 0.256 e. The van der Waals surface area contributed by atoms with E-state index in [2.05, 4.69) is 31.9 Å². The highest BCUT2D eigenvalue weighted by atomic mass is 79.9. The van der Waals surface area contributed by atoms with Gasteiger partial charge in [-0.3, -0.25) is 4.79 Å². The second kappa shape index (κ2) is 4.02. The van der Waals surface area contributed by atoms with Gasteiger partial charge in [0, 0.05) is 4.47 Å². The van der Waals surface area contributed by atoms with Crippen LogP contribution in [0.15, 0.2) is 15.0 Å². The number of carbonyl (C=O) groups is 1. The quantitative estimate of drug-likeness (QED) is 0.433. The predicted octanol–water partition coefficient (Wildman–Crippen LogP) is 3.87. The zero-order chi connectivity index (χ0) is 10.2. The zero-order valence-electron chi connectivity index (χ0n) is 5.88. The Kier molecular flexibility index (Phi) is 3.43. The van der Waals surface area contributed by atoms with Crippen molar-refractivity contribution in [3.8, 4) is 0 Å². The van der Waals surface area contributed by atoms with E-state index in [1.807, 2.05) is 0 Å². The van der Waals surface area contributed by atoms with Crippen molar-refractivity contribution in [1.82, 2.24) is 0 Å². The minimum atomic E-state index is -1.26. The Labute approximate surface area is 94.3 Å². The standard InChI is InChI=1S/C7HBr2ClF2O/c8-2-1-3(9)5(11)6(12)4(2)7(10)13/h1H. The third kappa shape index (κ3) is 2.08. The maximum atomic E-state index is 13.0. The second-order valence-corrected chi connectivity index (χ2v) is 4.17. The van der Waals surface area contributed by atoms with Crippen molar-refractivity contribution in [2.75, 3.05) is 0 Å². The molecule has 0 saturated heterocycles. The van der Waals surface area contributed by atoms with Gasteiger partial charge in [0.2, 0.25) is 0 Å². The van der Waals surface area contributed by atoms with Gasteiger partial charge in [-0.2, -0.15) is 0 Å². The van der Waals surface area contributed by atoms with Gasteiger partial charge in [-0.05, 0) is 49.5 Å². The van der Waals surface area contributed by atoms with Crippen LogP contribution in [0.25, 0.3) is 0 Å². The van der Waals surface area contributed by atoms with Gasteiger partial charge < -0.3 is 0 Å². The lowest BCUT2D eigenvalue weighted by molar-refractivity contribution is 0.107.